The molecule has 1 heterocycles. The molecule has 1 fully saturated rings. The Balaban J connectivity index is 2.29. The summed E-state index contributed by atoms with van der Waals surface area (Å²) in [6.07, 6.45) is 3.50. The van der Waals surface area contributed by atoms with Crippen LogP contribution in [0.1, 0.15) is 26.7 Å². The predicted octanol–water partition coefficient (Wildman–Crippen LogP) is 1.14. The molecule has 1 rings (SSSR count). The van der Waals surface area contributed by atoms with E-state index in [0.717, 1.165) is 13.0 Å². The smallest absolute Gasteiger partial charge is 0.226 e. The summed E-state index contributed by atoms with van der Waals surface area (Å²) in [5.74, 6) is 0.0503. The van der Waals surface area contributed by atoms with Gasteiger partial charge in [0, 0.05) is 26.2 Å². The second kappa shape index (κ2) is 7.59. The van der Waals surface area contributed by atoms with Gasteiger partial charge in [0.15, 0.2) is 0 Å². The lowest BCUT2D eigenvalue weighted by Gasteiger charge is -2.14. The minimum Gasteiger partial charge on any atom is -0.357 e. The van der Waals surface area contributed by atoms with E-state index in [1.54, 1.807) is 4.90 Å². The summed E-state index contributed by atoms with van der Waals surface area (Å²) < 4.78 is 10.8. The highest BCUT2D eigenvalue weighted by atomic mass is 28.2. The van der Waals surface area contributed by atoms with Crippen molar-refractivity contribution in [1.82, 2.24) is 4.90 Å². The van der Waals surface area contributed by atoms with Gasteiger partial charge in [0.05, 0.1) is 0 Å². The van der Waals surface area contributed by atoms with Gasteiger partial charge >= 0.3 is 0 Å². The van der Waals surface area contributed by atoms with Gasteiger partial charge in [-0.1, -0.05) is 5.70 Å². The fraction of sp³-hybridized carbons (Fsp3) is 0.727. The van der Waals surface area contributed by atoms with E-state index in [1.807, 2.05) is 25.7 Å². The number of hydrogen-bond donors (Lipinski definition) is 0. The number of rotatable bonds is 7. The fourth-order valence-corrected chi connectivity index (χ4v) is 2.43. The lowest BCUT2D eigenvalue weighted by molar-refractivity contribution is -0.125. The Kier molecular flexibility index (Phi) is 6.36. The third-order valence-electron chi connectivity index (χ3n) is 2.23. The number of nitrogens with zero attached hydrogens (tertiary/aromatic N) is 1. The lowest BCUT2D eigenvalue weighted by atomic mass is 10.4. The SMILES string of the molecule is CCOC(OCC)[Si]C=CN1CCCC1=O. The van der Waals surface area contributed by atoms with E-state index in [9.17, 15) is 4.79 Å². The Morgan fingerprint density at radius 2 is 2.12 bits per heavy atom. The first-order valence-corrected chi connectivity index (χ1v) is 6.88. The standard InChI is InChI=1S/C11H19NO3Si/c1-3-14-11(15-4-2)16-9-8-12-7-5-6-10(12)13/h8-9,11H,3-7H2,1-2H3. The molecule has 2 radical (unpaired) electrons. The van der Waals surface area contributed by atoms with Crippen LogP contribution in [0.15, 0.2) is 11.9 Å². The summed E-state index contributed by atoms with van der Waals surface area (Å²) in [5.41, 5.74) is 1.97. The average Bonchev–Trinajstić information content (AvgIpc) is 2.65. The second-order valence-corrected chi connectivity index (χ2v) is 4.55. The van der Waals surface area contributed by atoms with Crippen molar-refractivity contribution in [3.05, 3.63) is 11.9 Å². The highest BCUT2D eigenvalue weighted by Gasteiger charge is 2.17. The number of amides is 1. The van der Waals surface area contributed by atoms with Crippen molar-refractivity contribution in [3.63, 3.8) is 0 Å². The van der Waals surface area contributed by atoms with E-state index < -0.39 is 0 Å². The van der Waals surface area contributed by atoms with Crippen molar-refractivity contribution in [2.24, 2.45) is 0 Å². The molecule has 0 bridgehead atoms. The van der Waals surface area contributed by atoms with Crippen molar-refractivity contribution in [2.75, 3.05) is 19.8 Å². The molecule has 0 aromatic rings. The lowest BCUT2D eigenvalue weighted by Crippen LogP contribution is -2.24. The van der Waals surface area contributed by atoms with Gasteiger partial charge < -0.3 is 14.4 Å². The van der Waals surface area contributed by atoms with E-state index in [1.165, 1.54) is 0 Å². The quantitative estimate of drug-likeness (QED) is 0.495. The van der Waals surface area contributed by atoms with Crippen LogP contribution in [0.2, 0.25) is 0 Å². The third kappa shape index (κ3) is 4.47. The molecule has 0 N–H and O–H groups in total. The molecule has 0 unspecified atom stereocenters. The van der Waals surface area contributed by atoms with Crippen LogP contribution in [0.3, 0.4) is 0 Å². The van der Waals surface area contributed by atoms with Gasteiger partial charge in [-0.3, -0.25) is 4.79 Å². The zero-order chi connectivity index (χ0) is 11.8. The van der Waals surface area contributed by atoms with Crippen LogP contribution in [0.4, 0.5) is 0 Å². The largest absolute Gasteiger partial charge is 0.357 e. The number of carbonyl (C=O) groups excluding carboxylic acids is 1. The summed E-state index contributed by atoms with van der Waals surface area (Å²) in [5, 5.41) is 0. The molecule has 0 spiro atoms. The highest BCUT2D eigenvalue weighted by Crippen LogP contribution is 2.09. The Hall–Kier alpha value is -0.653. The minimum atomic E-state index is -0.163. The van der Waals surface area contributed by atoms with E-state index in [-0.39, 0.29) is 11.8 Å². The van der Waals surface area contributed by atoms with Gasteiger partial charge in [0.25, 0.3) is 0 Å². The summed E-state index contributed by atoms with van der Waals surface area (Å²) in [4.78, 5) is 13.1. The molecular weight excluding hydrogens is 222 g/mol. The third-order valence-corrected chi connectivity index (χ3v) is 3.18. The van der Waals surface area contributed by atoms with E-state index in [2.05, 4.69) is 0 Å². The summed E-state index contributed by atoms with van der Waals surface area (Å²) in [7, 11) is 0.434. The molecular formula is C11H19NO3Si. The number of hydrogen-bond acceptors (Lipinski definition) is 3. The molecule has 16 heavy (non-hydrogen) atoms. The Morgan fingerprint density at radius 1 is 1.44 bits per heavy atom. The van der Waals surface area contributed by atoms with E-state index in [0.29, 0.717) is 29.2 Å². The highest BCUT2D eigenvalue weighted by molar-refractivity contribution is 6.43. The van der Waals surface area contributed by atoms with E-state index >= 15 is 0 Å². The Morgan fingerprint density at radius 3 is 2.62 bits per heavy atom. The molecule has 4 nitrogen and oxygen atoms in total. The Labute approximate surface area is 99.4 Å². The summed E-state index contributed by atoms with van der Waals surface area (Å²) in [6, 6.07) is 0. The maximum absolute atomic E-state index is 11.3. The van der Waals surface area contributed by atoms with Crippen molar-refractivity contribution in [3.8, 4) is 0 Å². The van der Waals surface area contributed by atoms with Crippen LogP contribution in [-0.2, 0) is 14.3 Å². The molecule has 0 atom stereocenters. The van der Waals surface area contributed by atoms with Gasteiger partial charge in [-0.05, 0) is 26.5 Å². The number of carbonyl (C=O) groups is 1. The molecule has 0 aromatic carbocycles. The molecule has 1 amide bonds. The van der Waals surface area contributed by atoms with Gasteiger partial charge in [-0.2, -0.15) is 0 Å². The Bertz CT molecular complexity index is 239. The van der Waals surface area contributed by atoms with Gasteiger partial charge in [-0.15, -0.1) is 0 Å². The monoisotopic (exact) mass is 241 g/mol. The summed E-state index contributed by atoms with van der Waals surface area (Å²) in [6.45, 7) is 6.03. The van der Waals surface area contributed by atoms with Crippen molar-refractivity contribution >= 4 is 15.4 Å². The van der Waals surface area contributed by atoms with Crippen LogP contribution in [0.5, 0.6) is 0 Å². The molecule has 0 saturated carbocycles. The van der Waals surface area contributed by atoms with Crippen LogP contribution < -0.4 is 0 Å². The van der Waals surface area contributed by atoms with Crippen LogP contribution in [-0.4, -0.2) is 46.0 Å². The second-order valence-electron chi connectivity index (χ2n) is 3.42. The molecule has 1 aliphatic rings. The summed E-state index contributed by atoms with van der Waals surface area (Å²) >= 11 is 0. The molecule has 90 valence electrons. The predicted molar refractivity (Wildman–Crippen MR) is 62.9 cm³/mol. The zero-order valence-electron chi connectivity index (χ0n) is 9.94. The first-order chi connectivity index (χ1) is 7.77. The maximum Gasteiger partial charge on any atom is 0.226 e. The van der Waals surface area contributed by atoms with Crippen LogP contribution in [0.25, 0.3) is 0 Å². The van der Waals surface area contributed by atoms with Crippen LogP contribution in [0, 0.1) is 0 Å². The molecule has 0 aromatic heterocycles. The van der Waals surface area contributed by atoms with Crippen LogP contribution >= 0.6 is 0 Å². The van der Waals surface area contributed by atoms with Gasteiger partial charge in [0.2, 0.25) is 5.91 Å². The average molecular weight is 241 g/mol. The number of ether oxygens (including phenoxy) is 2. The zero-order valence-corrected chi connectivity index (χ0v) is 10.9. The molecule has 5 heteroatoms. The molecule has 0 aliphatic carbocycles. The maximum atomic E-state index is 11.3. The fourth-order valence-electron chi connectivity index (χ4n) is 1.49. The minimum absolute atomic E-state index is 0.163. The van der Waals surface area contributed by atoms with E-state index in [4.69, 9.17) is 9.47 Å². The first kappa shape index (κ1) is 13.4. The van der Waals surface area contributed by atoms with Gasteiger partial charge in [0.1, 0.15) is 15.4 Å². The van der Waals surface area contributed by atoms with Crippen molar-refractivity contribution < 1.29 is 14.3 Å². The topological polar surface area (TPSA) is 38.8 Å². The van der Waals surface area contributed by atoms with Crippen molar-refractivity contribution in [2.45, 2.75) is 32.6 Å². The van der Waals surface area contributed by atoms with Crippen molar-refractivity contribution in [1.29, 1.82) is 0 Å². The number of likely N-dealkylation sites (tertiary alicyclic amines) is 1. The van der Waals surface area contributed by atoms with Gasteiger partial charge in [-0.25, -0.2) is 0 Å². The first-order valence-electron chi connectivity index (χ1n) is 5.73. The molecule has 1 aliphatic heterocycles. The molecule has 1 saturated heterocycles. The normalized spacial score (nSPS) is 16.9.